The monoisotopic (exact) mass is 306 g/mol. The molecule has 0 aliphatic rings. The third kappa shape index (κ3) is 3.95. The summed E-state index contributed by atoms with van der Waals surface area (Å²) in [5.74, 6) is 1.41. The smallest absolute Gasteiger partial charge is 0.162 e. The third-order valence-corrected chi connectivity index (χ3v) is 3.96. The molecule has 0 aliphatic heterocycles. The molecule has 0 unspecified atom stereocenters. The number of nitrogens with zero attached hydrogens (tertiary/aromatic N) is 1. The molecule has 0 aliphatic carbocycles. The van der Waals surface area contributed by atoms with E-state index in [9.17, 15) is 0 Å². The first-order chi connectivity index (χ1) is 9.94. The zero-order valence-electron chi connectivity index (χ0n) is 13.0. The molecule has 0 saturated carbocycles. The van der Waals surface area contributed by atoms with E-state index in [1.54, 1.807) is 18.4 Å². The highest BCUT2D eigenvalue weighted by Gasteiger charge is 2.17. The van der Waals surface area contributed by atoms with Crippen LogP contribution in [0.15, 0.2) is 23.6 Å². The molecule has 5 heteroatoms. The fourth-order valence-corrected chi connectivity index (χ4v) is 2.75. The fraction of sp³-hybridized carbons (Fsp3) is 0.438. The standard InChI is InChI=1S/C16H22N2O2S/c1-16(2,3)14-10-21-15(18-14)9-20-13-7-11(8-17)5-6-12(13)19-4/h5-7,10H,8-9,17H2,1-4H3. The van der Waals surface area contributed by atoms with E-state index in [0.717, 1.165) is 16.3 Å². The van der Waals surface area contributed by atoms with Crippen LogP contribution >= 0.6 is 11.3 Å². The van der Waals surface area contributed by atoms with E-state index in [0.29, 0.717) is 24.7 Å². The summed E-state index contributed by atoms with van der Waals surface area (Å²) in [5, 5.41) is 3.05. The Morgan fingerprint density at radius 1 is 1.24 bits per heavy atom. The number of benzene rings is 1. The van der Waals surface area contributed by atoms with E-state index in [1.165, 1.54) is 0 Å². The Labute approximate surface area is 129 Å². The first-order valence-electron chi connectivity index (χ1n) is 6.88. The van der Waals surface area contributed by atoms with E-state index in [1.807, 2.05) is 18.2 Å². The molecule has 21 heavy (non-hydrogen) atoms. The molecule has 0 atom stereocenters. The molecular formula is C16H22N2O2S. The van der Waals surface area contributed by atoms with Gasteiger partial charge in [0.2, 0.25) is 0 Å². The van der Waals surface area contributed by atoms with Crippen molar-refractivity contribution in [1.82, 2.24) is 4.98 Å². The lowest BCUT2D eigenvalue weighted by atomic mass is 9.93. The maximum atomic E-state index is 5.85. The summed E-state index contributed by atoms with van der Waals surface area (Å²) in [7, 11) is 1.63. The lowest BCUT2D eigenvalue weighted by Gasteiger charge is -2.14. The molecule has 114 valence electrons. The Morgan fingerprint density at radius 3 is 2.57 bits per heavy atom. The van der Waals surface area contributed by atoms with Gasteiger partial charge in [-0.15, -0.1) is 11.3 Å². The van der Waals surface area contributed by atoms with Gasteiger partial charge in [-0.1, -0.05) is 26.8 Å². The van der Waals surface area contributed by atoms with Crippen molar-refractivity contribution >= 4 is 11.3 Å². The Morgan fingerprint density at radius 2 is 2.00 bits per heavy atom. The summed E-state index contributed by atoms with van der Waals surface area (Å²) < 4.78 is 11.2. The lowest BCUT2D eigenvalue weighted by Crippen LogP contribution is -2.11. The zero-order valence-corrected chi connectivity index (χ0v) is 13.8. The van der Waals surface area contributed by atoms with Crippen LogP contribution in [0.5, 0.6) is 11.5 Å². The number of hydrogen-bond donors (Lipinski definition) is 1. The number of nitrogens with two attached hydrogens (primary N) is 1. The van der Waals surface area contributed by atoms with Crippen LogP contribution in [0.2, 0.25) is 0 Å². The highest BCUT2D eigenvalue weighted by atomic mass is 32.1. The van der Waals surface area contributed by atoms with E-state index in [-0.39, 0.29) is 5.41 Å². The lowest BCUT2D eigenvalue weighted by molar-refractivity contribution is 0.283. The van der Waals surface area contributed by atoms with Gasteiger partial charge in [0.1, 0.15) is 11.6 Å². The normalized spacial score (nSPS) is 11.5. The number of methoxy groups -OCH3 is 1. The highest BCUT2D eigenvalue weighted by Crippen LogP contribution is 2.30. The maximum Gasteiger partial charge on any atom is 0.162 e. The molecule has 2 N–H and O–H groups in total. The van der Waals surface area contributed by atoms with Crippen molar-refractivity contribution in [2.45, 2.75) is 39.3 Å². The number of thiazole rings is 1. The van der Waals surface area contributed by atoms with Gasteiger partial charge in [0.05, 0.1) is 12.8 Å². The Bertz CT molecular complexity index is 603. The minimum atomic E-state index is 0.0614. The van der Waals surface area contributed by atoms with E-state index >= 15 is 0 Å². The van der Waals surface area contributed by atoms with Crippen molar-refractivity contribution in [1.29, 1.82) is 0 Å². The van der Waals surface area contributed by atoms with Gasteiger partial charge in [-0.2, -0.15) is 0 Å². The van der Waals surface area contributed by atoms with Crippen molar-refractivity contribution in [3.63, 3.8) is 0 Å². The van der Waals surface area contributed by atoms with Crippen LogP contribution in [0, 0.1) is 0 Å². The number of aromatic nitrogens is 1. The van der Waals surface area contributed by atoms with Crippen LogP contribution in [0.3, 0.4) is 0 Å². The Kier molecular flexibility index (Phi) is 4.85. The van der Waals surface area contributed by atoms with Gasteiger partial charge in [-0.3, -0.25) is 0 Å². The molecule has 1 heterocycles. The molecule has 1 aromatic carbocycles. The van der Waals surface area contributed by atoms with E-state index in [4.69, 9.17) is 15.2 Å². The molecule has 4 nitrogen and oxygen atoms in total. The van der Waals surface area contributed by atoms with Gasteiger partial charge in [-0.25, -0.2) is 4.98 Å². The molecule has 2 rings (SSSR count). The highest BCUT2D eigenvalue weighted by molar-refractivity contribution is 7.09. The summed E-state index contributed by atoms with van der Waals surface area (Å²) in [6.07, 6.45) is 0. The maximum absolute atomic E-state index is 5.85. The van der Waals surface area contributed by atoms with E-state index < -0.39 is 0 Å². The van der Waals surface area contributed by atoms with E-state index in [2.05, 4.69) is 31.1 Å². The summed E-state index contributed by atoms with van der Waals surface area (Å²) in [4.78, 5) is 4.62. The molecular weight excluding hydrogens is 284 g/mol. The predicted molar refractivity (Wildman–Crippen MR) is 86.0 cm³/mol. The SMILES string of the molecule is COc1ccc(CN)cc1OCc1nc(C(C)(C)C)cs1. The van der Waals surface area contributed by atoms with Gasteiger partial charge in [0.25, 0.3) is 0 Å². The van der Waals surface area contributed by atoms with Gasteiger partial charge in [-0.05, 0) is 17.7 Å². The van der Waals surface area contributed by atoms with Gasteiger partial charge in [0, 0.05) is 17.3 Å². The number of ether oxygens (including phenoxy) is 2. The Hall–Kier alpha value is -1.59. The molecule has 0 amide bonds. The van der Waals surface area contributed by atoms with Crippen molar-refractivity contribution in [2.24, 2.45) is 5.73 Å². The second kappa shape index (κ2) is 6.45. The summed E-state index contributed by atoms with van der Waals surface area (Å²) in [6.45, 7) is 7.37. The summed E-state index contributed by atoms with van der Waals surface area (Å²) in [5.41, 5.74) is 7.83. The van der Waals surface area contributed by atoms with Crippen LogP contribution in [0.1, 0.15) is 37.0 Å². The van der Waals surface area contributed by atoms with Crippen molar-refractivity contribution < 1.29 is 9.47 Å². The quantitative estimate of drug-likeness (QED) is 0.918. The van der Waals surface area contributed by atoms with Crippen molar-refractivity contribution in [2.75, 3.05) is 7.11 Å². The van der Waals surface area contributed by atoms with Crippen LogP contribution in [-0.4, -0.2) is 12.1 Å². The first kappa shape index (κ1) is 15.8. The van der Waals surface area contributed by atoms with Crippen LogP contribution in [0.25, 0.3) is 0 Å². The molecule has 0 radical (unpaired) electrons. The van der Waals surface area contributed by atoms with Crippen LogP contribution in [-0.2, 0) is 18.6 Å². The predicted octanol–water partition coefficient (Wildman–Crippen LogP) is 3.49. The van der Waals surface area contributed by atoms with Crippen LogP contribution < -0.4 is 15.2 Å². The number of rotatable bonds is 5. The minimum Gasteiger partial charge on any atom is -0.493 e. The minimum absolute atomic E-state index is 0.0614. The zero-order chi connectivity index (χ0) is 15.5. The Balaban J connectivity index is 2.10. The molecule has 1 aromatic heterocycles. The topological polar surface area (TPSA) is 57.4 Å². The molecule has 2 aromatic rings. The second-order valence-electron chi connectivity index (χ2n) is 5.85. The number of hydrogen-bond acceptors (Lipinski definition) is 5. The van der Waals surface area contributed by atoms with Gasteiger partial charge in [0.15, 0.2) is 11.5 Å². The summed E-state index contributed by atoms with van der Waals surface area (Å²) >= 11 is 1.62. The second-order valence-corrected chi connectivity index (χ2v) is 6.80. The molecule has 0 spiro atoms. The largest absolute Gasteiger partial charge is 0.493 e. The summed E-state index contributed by atoms with van der Waals surface area (Å²) in [6, 6.07) is 5.73. The molecule has 0 fully saturated rings. The van der Waals surface area contributed by atoms with Crippen LogP contribution in [0.4, 0.5) is 0 Å². The molecule has 0 saturated heterocycles. The average Bonchev–Trinajstić information content (AvgIpc) is 2.93. The first-order valence-corrected chi connectivity index (χ1v) is 7.76. The van der Waals surface area contributed by atoms with Crippen molar-refractivity contribution in [3.05, 3.63) is 39.8 Å². The van der Waals surface area contributed by atoms with Gasteiger partial charge < -0.3 is 15.2 Å². The average molecular weight is 306 g/mol. The van der Waals surface area contributed by atoms with Crippen molar-refractivity contribution in [3.8, 4) is 11.5 Å². The third-order valence-electron chi connectivity index (χ3n) is 3.14. The fourth-order valence-electron chi connectivity index (χ4n) is 1.82. The molecule has 0 bridgehead atoms. The van der Waals surface area contributed by atoms with Gasteiger partial charge >= 0.3 is 0 Å².